The van der Waals surface area contributed by atoms with Gasteiger partial charge in [-0.25, -0.2) is 4.79 Å². The van der Waals surface area contributed by atoms with Crippen LogP contribution in [0.25, 0.3) is 0 Å². The molecule has 0 saturated heterocycles. The van der Waals surface area contributed by atoms with Crippen LogP contribution in [-0.4, -0.2) is 36.2 Å². The first-order valence-electron chi connectivity index (χ1n) is 6.96. The summed E-state index contributed by atoms with van der Waals surface area (Å²) < 4.78 is 14.6. The highest BCUT2D eigenvalue weighted by atomic mass is 16.5. The summed E-state index contributed by atoms with van der Waals surface area (Å²) in [5.41, 5.74) is 0.785. The number of hydrogen-bond donors (Lipinski definition) is 2. The summed E-state index contributed by atoms with van der Waals surface area (Å²) in [5, 5.41) is 8.77. The number of hydrogen-bond acceptors (Lipinski definition) is 7. The summed E-state index contributed by atoms with van der Waals surface area (Å²) in [6, 6.07) is 5.97. The van der Waals surface area contributed by atoms with Gasteiger partial charge in [-0.15, -0.1) is 0 Å². The molecular weight excluding hydrogens is 318 g/mol. The van der Waals surface area contributed by atoms with Crippen molar-refractivity contribution in [3.63, 3.8) is 0 Å². The predicted molar refractivity (Wildman–Crippen MR) is 81.0 cm³/mol. The molecule has 2 heterocycles. The van der Waals surface area contributed by atoms with Crippen molar-refractivity contribution in [3.05, 3.63) is 35.7 Å². The molecule has 1 aromatic heterocycles. The van der Waals surface area contributed by atoms with Crippen LogP contribution in [0.1, 0.15) is 28.0 Å². The van der Waals surface area contributed by atoms with E-state index in [1.807, 2.05) is 0 Å². The van der Waals surface area contributed by atoms with Crippen LogP contribution in [0.2, 0.25) is 0 Å². The molecule has 1 aromatic carbocycles. The SMILES string of the molecule is COC(=O)c1cc(C(=O)Nc2ccc3c(c2)NC(=O)[C@@H](C)O3)no1. The van der Waals surface area contributed by atoms with Crippen LogP contribution in [0, 0.1) is 0 Å². The molecule has 1 aliphatic rings. The number of nitrogens with zero attached hydrogens (tertiary/aromatic N) is 1. The van der Waals surface area contributed by atoms with Gasteiger partial charge in [0, 0.05) is 11.8 Å². The molecule has 0 unspecified atom stereocenters. The zero-order chi connectivity index (χ0) is 17.3. The summed E-state index contributed by atoms with van der Waals surface area (Å²) in [7, 11) is 1.19. The van der Waals surface area contributed by atoms with Crippen LogP contribution in [0.3, 0.4) is 0 Å². The molecule has 0 spiro atoms. The molecule has 1 aliphatic heterocycles. The van der Waals surface area contributed by atoms with E-state index in [1.165, 1.54) is 13.2 Å². The smallest absolute Gasteiger partial charge is 0.376 e. The Kier molecular flexibility index (Phi) is 3.90. The fourth-order valence-electron chi connectivity index (χ4n) is 2.06. The van der Waals surface area contributed by atoms with E-state index in [1.54, 1.807) is 25.1 Å². The largest absolute Gasteiger partial charge is 0.479 e. The number of aromatic nitrogens is 1. The van der Waals surface area contributed by atoms with E-state index in [0.29, 0.717) is 17.1 Å². The Morgan fingerprint density at radius 3 is 2.88 bits per heavy atom. The highest BCUT2D eigenvalue weighted by Gasteiger charge is 2.24. The lowest BCUT2D eigenvalue weighted by Gasteiger charge is -2.23. The fraction of sp³-hybridized carbons (Fsp3) is 0.200. The standard InChI is InChI=1S/C15H13N3O6/c1-7-13(19)17-9-5-8(3-4-11(9)23-7)16-14(20)10-6-12(24-18-10)15(21)22-2/h3-7H,1-2H3,(H,16,20)(H,17,19)/t7-/m1/s1. The molecule has 2 N–H and O–H groups in total. The van der Waals surface area contributed by atoms with Crippen LogP contribution < -0.4 is 15.4 Å². The van der Waals surface area contributed by atoms with E-state index >= 15 is 0 Å². The van der Waals surface area contributed by atoms with Crippen molar-refractivity contribution < 1.29 is 28.4 Å². The van der Waals surface area contributed by atoms with Gasteiger partial charge in [0.25, 0.3) is 11.8 Å². The second-order valence-corrected chi connectivity index (χ2v) is 4.98. The number of nitrogens with one attached hydrogen (secondary N) is 2. The first-order chi connectivity index (χ1) is 11.5. The Bertz CT molecular complexity index is 828. The van der Waals surface area contributed by atoms with Gasteiger partial charge in [0.2, 0.25) is 5.76 Å². The van der Waals surface area contributed by atoms with Gasteiger partial charge in [-0.1, -0.05) is 5.16 Å². The van der Waals surface area contributed by atoms with Gasteiger partial charge >= 0.3 is 5.97 Å². The minimum atomic E-state index is -0.732. The summed E-state index contributed by atoms with van der Waals surface area (Å²) in [5.74, 6) is -1.25. The van der Waals surface area contributed by atoms with Crippen molar-refractivity contribution in [2.45, 2.75) is 13.0 Å². The Balaban J connectivity index is 1.75. The third-order valence-corrected chi connectivity index (χ3v) is 3.30. The van der Waals surface area contributed by atoms with Crippen molar-refractivity contribution >= 4 is 29.2 Å². The van der Waals surface area contributed by atoms with Gasteiger partial charge in [-0.2, -0.15) is 0 Å². The highest BCUT2D eigenvalue weighted by Crippen LogP contribution is 2.32. The van der Waals surface area contributed by atoms with Crippen LogP contribution in [-0.2, 0) is 9.53 Å². The molecule has 0 bridgehead atoms. The van der Waals surface area contributed by atoms with E-state index in [-0.39, 0.29) is 17.4 Å². The summed E-state index contributed by atoms with van der Waals surface area (Å²) in [6.07, 6.45) is -0.579. The maximum Gasteiger partial charge on any atom is 0.376 e. The molecule has 2 aromatic rings. The molecule has 0 radical (unpaired) electrons. The number of amides is 2. The Labute approximate surface area is 135 Å². The maximum absolute atomic E-state index is 12.1. The molecule has 0 fully saturated rings. The fourth-order valence-corrected chi connectivity index (χ4v) is 2.06. The topological polar surface area (TPSA) is 120 Å². The second-order valence-electron chi connectivity index (χ2n) is 4.98. The Hall–Kier alpha value is -3.36. The number of anilines is 2. The number of methoxy groups -OCH3 is 1. The van der Waals surface area contributed by atoms with Crippen molar-refractivity contribution in [2.75, 3.05) is 17.7 Å². The number of ether oxygens (including phenoxy) is 2. The van der Waals surface area contributed by atoms with Gasteiger partial charge in [0.05, 0.1) is 12.8 Å². The van der Waals surface area contributed by atoms with Crippen molar-refractivity contribution in [1.29, 1.82) is 0 Å². The Morgan fingerprint density at radius 1 is 1.33 bits per heavy atom. The monoisotopic (exact) mass is 331 g/mol. The zero-order valence-corrected chi connectivity index (χ0v) is 12.8. The second kappa shape index (κ2) is 6.03. The predicted octanol–water partition coefficient (Wildman–Crippen LogP) is 1.43. The van der Waals surface area contributed by atoms with Crippen molar-refractivity contribution in [2.24, 2.45) is 0 Å². The van der Waals surface area contributed by atoms with E-state index in [9.17, 15) is 14.4 Å². The molecular formula is C15H13N3O6. The number of fused-ring (bicyclic) bond motifs is 1. The van der Waals surface area contributed by atoms with E-state index in [4.69, 9.17) is 9.26 Å². The zero-order valence-electron chi connectivity index (χ0n) is 12.8. The molecule has 0 aliphatic carbocycles. The van der Waals surface area contributed by atoms with Crippen LogP contribution >= 0.6 is 0 Å². The summed E-state index contributed by atoms with van der Waals surface area (Å²) in [6.45, 7) is 1.64. The number of carbonyl (C=O) groups excluding carboxylic acids is 3. The van der Waals surface area contributed by atoms with Gasteiger partial charge in [0.15, 0.2) is 11.8 Å². The molecule has 24 heavy (non-hydrogen) atoms. The van der Waals surface area contributed by atoms with Crippen molar-refractivity contribution in [1.82, 2.24) is 5.16 Å². The summed E-state index contributed by atoms with van der Waals surface area (Å²) in [4.78, 5) is 35.0. The van der Waals surface area contributed by atoms with Crippen molar-refractivity contribution in [3.8, 4) is 5.75 Å². The maximum atomic E-state index is 12.1. The molecule has 2 amide bonds. The van der Waals surface area contributed by atoms with E-state index < -0.39 is 18.0 Å². The highest BCUT2D eigenvalue weighted by molar-refractivity contribution is 6.05. The average Bonchev–Trinajstić information content (AvgIpc) is 3.05. The molecule has 1 atom stereocenters. The van der Waals surface area contributed by atoms with Gasteiger partial charge in [-0.05, 0) is 25.1 Å². The molecule has 9 heteroatoms. The number of esters is 1. The minimum Gasteiger partial charge on any atom is -0.479 e. The molecule has 9 nitrogen and oxygen atoms in total. The number of carbonyl (C=O) groups is 3. The lowest BCUT2D eigenvalue weighted by molar-refractivity contribution is -0.122. The van der Waals surface area contributed by atoms with Gasteiger partial charge in [-0.3, -0.25) is 9.59 Å². The number of rotatable bonds is 3. The van der Waals surface area contributed by atoms with Crippen LogP contribution in [0.5, 0.6) is 5.75 Å². The normalized spacial score (nSPS) is 15.8. The molecule has 124 valence electrons. The first-order valence-corrected chi connectivity index (χ1v) is 6.96. The lowest BCUT2D eigenvalue weighted by atomic mass is 10.2. The third-order valence-electron chi connectivity index (χ3n) is 3.30. The van der Waals surface area contributed by atoms with Gasteiger partial charge < -0.3 is 24.6 Å². The number of benzene rings is 1. The first kappa shape index (κ1) is 15.5. The quantitative estimate of drug-likeness (QED) is 0.816. The average molecular weight is 331 g/mol. The third kappa shape index (κ3) is 2.91. The van der Waals surface area contributed by atoms with E-state index in [2.05, 4.69) is 20.5 Å². The Morgan fingerprint density at radius 2 is 2.12 bits per heavy atom. The summed E-state index contributed by atoms with van der Waals surface area (Å²) >= 11 is 0. The van der Waals surface area contributed by atoms with Crippen LogP contribution in [0.15, 0.2) is 28.8 Å². The molecule has 3 rings (SSSR count). The molecule has 0 saturated carbocycles. The van der Waals surface area contributed by atoms with E-state index in [0.717, 1.165) is 0 Å². The minimum absolute atomic E-state index is 0.0815. The lowest BCUT2D eigenvalue weighted by Crippen LogP contribution is -2.34. The van der Waals surface area contributed by atoms with Gasteiger partial charge in [0.1, 0.15) is 5.75 Å². The van der Waals surface area contributed by atoms with Crippen LogP contribution in [0.4, 0.5) is 11.4 Å².